The predicted molar refractivity (Wildman–Crippen MR) is 129 cm³/mol. The van der Waals surface area contributed by atoms with Gasteiger partial charge >= 0.3 is 0 Å². The molecule has 3 aromatic carbocycles. The van der Waals surface area contributed by atoms with Crippen LogP contribution in [-0.4, -0.2) is 25.0 Å². The van der Waals surface area contributed by atoms with Gasteiger partial charge in [0.2, 0.25) is 0 Å². The van der Waals surface area contributed by atoms with E-state index in [2.05, 4.69) is 33.7 Å². The molecule has 2 N–H and O–H groups in total. The average Bonchev–Trinajstić information content (AvgIpc) is 2.81. The van der Waals surface area contributed by atoms with Crippen molar-refractivity contribution in [3.8, 4) is 11.5 Å². The molecule has 0 aromatic heterocycles. The molecule has 0 spiro atoms. The van der Waals surface area contributed by atoms with Gasteiger partial charge in [0.05, 0.1) is 11.1 Å². The molecule has 0 heterocycles. The topological polar surface area (TPSA) is 76.7 Å². The molecular formula is C25H27BrN2O4. The van der Waals surface area contributed by atoms with E-state index in [4.69, 9.17) is 9.47 Å². The van der Waals surface area contributed by atoms with E-state index >= 15 is 0 Å². The van der Waals surface area contributed by atoms with Crippen molar-refractivity contribution in [2.45, 2.75) is 32.6 Å². The molecule has 168 valence electrons. The molecule has 7 heteroatoms. The summed E-state index contributed by atoms with van der Waals surface area (Å²) in [7, 11) is 0. The fourth-order valence-corrected chi connectivity index (χ4v) is 3.66. The van der Waals surface area contributed by atoms with Gasteiger partial charge in [0.1, 0.15) is 11.5 Å². The van der Waals surface area contributed by atoms with Gasteiger partial charge in [-0.15, -0.1) is 0 Å². The highest BCUT2D eigenvalue weighted by Crippen LogP contribution is 2.26. The van der Waals surface area contributed by atoms with Crippen molar-refractivity contribution in [3.05, 3.63) is 70.7 Å². The first-order valence-electron chi connectivity index (χ1n) is 10.7. The lowest BCUT2D eigenvalue weighted by Crippen LogP contribution is -2.43. The van der Waals surface area contributed by atoms with Gasteiger partial charge in [-0.3, -0.25) is 20.4 Å². The van der Waals surface area contributed by atoms with E-state index in [1.807, 2.05) is 36.4 Å². The number of halogens is 1. The Morgan fingerprint density at radius 1 is 0.875 bits per heavy atom. The third-order valence-corrected chi connectivity index (χ3v) is 5.49. The number of ether oxygens (including phenoxy) is 2. The molecule has 0 saturated carbocycles. The fourth-order valence-electron chi connectivity index (χ4n) is 3.17. The van der Waals surface area contributed by atoms with Crippen molar-refractivity contribution < 1.29 is 19.1 Å². The predicted octanol–water partition coefficient (Wildman–Crippen LogP) is 5.40. The average molecular weight is 499 g/mol. The fraction of sp³-hybridized carbons (Fsp3) is 0.280. The van der Waals surface area contributed by atoms with Crippen molar-refractivity contribution >= 4 is 38.5 Å². The lowest BCUT2D eigenvalue weighted by atomic mass is 10.1. The molecule has 6 nitrogen and oxygen atoms in total. The highest BCUT2D eigenvalue weighted by atomic mass is 79.9. The van der Waals surface area contributed by atoms with Crippen LogP contribution in [0.5, 0.6) is 11.5 Å². The molecule has 2 amide bonds. The second kappa shape index (κ2) is 12.1. The first kappa shape index (κ1) is 23.6. The third-order valence-electron chi connectivity index (χ3n) is 4.87. The summed E-state index contributed by atoms with van der Waals surface area (Å²) in [5.74, 6) is 0.403. The van der Waals surface area contributed by atoms with Crippen molar-refractivity contribution in [1.29, 1.82) is 0 Å². The van der Waals surface area contributed by atoms with Crippen molar-refractivity contribution in [3.63, 3.8) is 0 Å². The van der Waals surface area contributed by atoms with E-state index in [9.17, 15) is 9.59 Å². The van der Waals surface area contributed by atoms with Crippen molar-refractivity contribution in [2.75, 3.05) is 13.2 Å². The summed E-state index contributed by atoms with van der Waals surface area (Å²) >= 11 is 3.44. The molecule has 0 fully saturated rings. The van der Waals surface area contributed by atoms with E-state index in [0.717, 1.165) is 23.6 Å². The van der Waals surface area contributed by atoms with Gasteiger partial charge in [-0.1, -0.05) is 62.6 Å². The summed E-state index contributed by atoms with van der Waals surface area (Å²) in [5, 5.41) is 1.95. The van der Waals surface area contributed by atoms with Crippen LogP contribution in [0.3, 0.4) is 0 Å². The van der Waals surface area contributed by atoms with Crippen molar-refractivity contribution in [1.82, 2.24) is 10.9 Å². The van der Waals surface area contributed by atoms with Crippen LogP contribution in [-0.2, 0) is 4.79 Å². The number of unbranched alkanes of at least 4 members (excludes halogenated alkanes) is 3. The van der Waals surface area contributed by atoms with Crippen LogP contribution in [0.15, 0.2) is 65.1 Å². The molecule has 0 unspecified atom stereocenters. The largest absolute Gasteiger partial charge is 0.492 e. The second-order valence-electron chi connectivity index (χ2n) is 7.32. The Balaban J connectivity index is 1.46. The Labute approximate surface area is 196 Å². The maximum atomic E-state index is 12.4. The number of rotatable bonds is 10. The maximum absolute atomic E-state index is 12.4. The number of benzene rings is 3. The van der Waals surface area contributed by atoms with Crippen LogP contribution < -0.4 is 20.3 Å². The Bertz CT molecular complexity index is 1070. The quantitative estimate of drug-likeness (QED) is 0.289. The highest BCUT2D eigenvalue weighted by Gasteiger charge is 2.11. The van der Waals surface area contributed by atoms with E-state index in [0.29, 0.717) is 28.1 Å². The first-order chi connectivity index (χ1) is 15.6. The molecule has 0 aliphatic heterocycles. The number of hydrogen-bond donors (Lipinski definition) is 2. The minimum atomic E-state index is -0.461. The van der Waals surface area contributed by atoms with E-state index < -0.39 is 11.8 Å². The van der Waals surface area contributed by atoms with Crippen LogP contribution in [0, 0.1) is 0 Å². The number of nitrogens with one attached hydrogen (secondary N) is 2. The number of carbonyl (C=O) groups is 2. The summed E-state index contributed by atoms with van der Waals surface area (Å²) in [6, 6.07) is 18.5. The molecular weight excluding hydrogens is 472 g/mol. The van der Waals surface area contributed by atoms with Gasteiger partial charge in [-0.05, 0) is 52.0 Å². The lowest BCUT2D eigenvalue weighted by molar-refractivity contribution is -0.123. The molecule has 0 aliphatic carbocycles. The van der Waals surface area contributed by atoms with Crippen LogP contribution in [0.2, 0.25) is 0 Å². The van der Waals surface area contributed by atoms with E-state index in [1.165, 1.54) is 12.8 Å². The molecule has 3 rings (SSSR count). The SMILES string of the molecule is CCCCCCOc1ccc(C(=O)NNC(=O)COc2cccc3ccccc23)cc1Br. The first-order valence-corrected chi connectivity index (χ1v) is 11.5. The normalized spacial score (nSPS) is 10.6. The zero-order valence-corrected chi connectivity index (χ0v) is 19.6. The van der Waals surface area contributed by atoms with Gasteiger partial charge in [-0.25, -0.2) is 0 Å². The van der Waals surface area contributed by atoms with Gasteiger partial charge in [0, 0.05) is 10.9 Å². The van der Waals surface area contributed by atoms with Crippen molar-refractivity contribution in [2.24, 2.45) is 0 Å². The third kappa shape index (κ3) is 6.72. The summed E-state index contributed by atoms with van der Waals surface area (Å²) in [6.45, 7) is 2.58. The van der Waals surface area contributed by atoms with E-state index in [1.54, 1.807) is 24.3 Å². The zero-order chi connectivity index (χ0) is 22.8. The van der Waals surface area contributed by atoms with Crippen LogP contribution in [0.4, 0.5) is 0 Å². The highest BCUT2D eigenvalue weighted by molar-refractivity contribution is 9.10. The summed E-state index contributed by atoms with van der Waals surface area (Å²) in [6.07, 6.45) is 4.51. The van der Waals surface area contributed by atoms with Gasteiger partial charge < -0.3 is 9.47 Å². The molecule has 0 saturated heterocycles. The molecule has 0 bridgehead atoms. The summed E-state index contributed by atoms with van der Waals surface area (Å²) in [4.78, 5) is 24.5. The minimum Gasteiger partial charge on any atom is -0.492 e. The van der Waals surface area contributed by atoms with Crippen LogP contribution in [0.25, 0.3) is 10.8 Å². The molecule has 0 radical (unpaired) electrons. The van der Waals surface area contributed by atoms with Gasteiger partial charge in [-0.2, -0.15) is 0 Å². The van der Waals surface area contributed by atoms with Gasteiger partial charge in [0.25, 0.3) is 11.8 Å². The second-order valence-corrected chi connectivity index (χ2v) is 8.18. The Morgan fingerprint density at radius 3 is 2.50 bits per heavy atom. The zero-order valence-electron chi connectivity index (χ0n) is 18.0. The lowest BCUT2D eigenvalue weighted by Gasteiger charge is -2.12. The summed E-state index contributed by atoms with van der Waals surface area (Å²) in [5.41, 5.74) is 5.18. The maximum Gasteiger partial charge on any atom is 0.276 e. The molecule has 0 atom stereocenters. The van der Waals surface area contributed by atoms with Gasteiger partial charge in [0.15, 0.2) is 6.61 Å². The smallest absolute Gasteiger partial charge is 0.276 e. The number of amides is 2. The Hall–Kier alpha value is -3.06. The number of carbonyl (C=O) groups excluding carboxylic acids is 2. The van der Waals surface area contributed by atoms with E-state index in [-0.39, 0.29) is 6.61 Å². The number of fused-ring (bicyclic) bond motifs is 1. The Kier molecular flexibility index (Phi) is 8.92. The number of hydrazine groups is 1. The van der Waals surface area contributed by atoms with Crippen LogP contribution in [0.1, 0.15) is 43.0 Å². The molecule has 32 heavy (non-hydrogen) atoms. The summed E-state index contributed by atoms with van der Waals surface area (Å²) < 4.78 is 12.1. The monoisotopic (exact) mass is 498 g/mol. The Morgan fingerprint density at radius 2 is 1.69 bits per heavy atom. The molecule has 0 aliphatic rings. The molecule has 3 aromatic rings. The standard InChI is InChI=1S/C25H27BrN2O4/c1-2-3-4-7-15-31-23-14-13-19(16-21(23)26)25(30)28-27-24(29)17-32-22-12-8-10-18-9-5-6-11-20(18)22/h5-6,8-14,16H,2-4,7,15,17H2,1H3,(H,27,29)(H,28,30). The minimum absolute atomic E-state index is 0.219. The number of hydrogen-bond acceptors (Lipinski definition) is 4. The van der Waals surface area contributed by atoms with Crippen LogP contribution >= 0.6 is 15.9 Å².